The van der Waals surface area contributed by atoms with E-state index in [0.29, 0.717) is 19.3 Å². The second kappa shape index (κ2) is 8.28. The average molecular weight is 279 g/mol. The Morgan fingerprint density at radius 3 is 2.30 bits per heavy atom. The third kappa shape index (κ3) is 6.92. The second-order valence-corrected chi connectivity index (χ2v) is 6.05. The van der Waals surface area contributed by atoms with E-state index in [0.717, 1.165) is 18.7 Å². The van der Waals surface area contributed by atoms with Crippen LogP contribution in [0.1, 0.15) is 52.6 Å². The van der Waals surface area contributed by atoms with Gasteiger partial charge < -0.3 is 14.8 Å². The lowest BCUT2D eigenvalue weighted by Gasteiger charge is -2.19. The zero-order valence-corrected chi connectivity index (χ0v) is 13.5. The second-order valence-electron chi connectivity index (χ2n) is 6.05. The monoisotopic (exact) mass is 279 g/mol. The number of nitrogens with one attached hydrogen (secondary N) is 1. The Balaban J connectivity index is 2.35. The molecule has 0 radical (unpaired) electrons. The summed E-state index contributed by atoms with van der Waals surface area (Å²) < 4.78 is 11.3. The van der Waals surface area contributed by atoms with Crippen molar-refractivity contribution in [2.24, 2.45) is 0 Å². The first-order chi connectivity index (χ1) is 9.42. The van der Waals surface area contributed by atoms with Crippen LogP contribution in [0.5, 0.6) is 5.75 Å². The van der Waals surface area contributed by atoms with E-state index in [9.17, 15) is 0 Å². The van der Waals surface area contributed by atoms with Crippen LogP contribution in [-0.4, -0.2) is 25.4 Å². The predicted octanol–water partition coefficient (Wildman–Crippen LogP) is 3.94. The minimum absolute atomic E-state index is 0.104. The average Bonchev–Trinajstić information content (AvgIpc) is 2.40. The number of ether oxygens (including phenoxy) is 2. The molecule has 0 saturated heterocycles. The lowest BCUT2D eigenvalue weighted by molar-refractivity contribution is -0.0163. The van der Waals surface area contributed by atoms with E-state index < -0.39 is 0 Å². The Labute approximate surface area is 123 Å². The van der Waals surface area contributed by atoms with Crippen LogP contribution in [0.15, 0.2) is 24.3 Å². The standard InChI is InChI=1S/C17H29NO2/c1-6-11-18-14(2)15-7-9-16(10-8-15)19-12-13-20-17(3,4)5/h7-10,14,18H,6,11-13H2,1-5H3. The number of rotatable bonds is 8. The van der Waals surface area contributed by atoms with Crippen LogP contribution in [0.2, 0.25) is 0 Å². The molecule has 0 bridgehead atoms. The van der Waals surface area contributed by atoms with Crippen molar-refractivity contribution in [1.82, 2.24) is 5.32 Å². The van der Waals surface area contributed by atoms with E-state index in [1.807, 2.05) is 32.9 Å². The summed E-state index contributed by atoms with van der Waals surface area (Å²) in [6.07, 6.45) is 1.15. The van der Waals surface area contributed by atoms with Crippen molar-refractivity contribution in [2.75, 3.05) is 19.8 Å². The van der Waals surface area contributed by atoms with Gasteiger partial charge in [-0.3, -0.25) is 0 Å². The van der Waals surface area contributed by atoms with Crippen LogP contribution in [0.4, 0.5) is 0 Å². The Morgan fingerprint density at radius 1 is 1.10 bits per heavy atom. The van der Waals surface area contributed by atoms with Crippen molar-refractivity contribution in [1.29, 1.82) is 0 Å². The van der Waals surface area contributed by atoms with Crippen LogP contribution < -0.4 is 10.1 Å². The molecule has 0 amide bonds. The van der Waals surface area contributed by atoms with Crippen LogP contribution in [-0.2, 0) is 4.74 Å². The molecule has 3 nitrogen and oxygen atoms in total. The largest absolute Gasteiger partial charge is 0.491 e. The molecule has 114 valence electrons. The molecule has 20 heavy (non-hydrogen) atoms. The van der Waals surface area contributed by atoms with E-state index in [1.165, 1.54) is 5.56 Å². The smallest absolute Gasteiger partial charge is 0.119 e. The fraction of sp³-hybridized carbons (Fsp3) is 0.647. The van der Waals surface area contributed by atoms with Gasteiger partial charge in [-0.1, -0.05) is 19.1 Å². The van der Waals surface area contributed by atoms with Crippen LogP contribution in [0, 0.1) is 0 Å². The van der Waals surface area contributed by atoms with Crippen molar-refractivity contribution in [3.05, 3.63) is 29.8 Å². The van der Waals surface area contributed by atoms with E-state index in [4.69, 9.17) is 9.47 Å². The molecule has 0 fully saturated rings. The SMILES string of the molecule is CCCNC(C)c1ccc(OCCOC(C)(C)C)cc1. The highest BCUT2D eigenvalue weighted by Gasteiger charge is 2.09. The Kier molecular flexibility index (Phi) is 7.03. The maximum Gasteiger partial charge on any atom is 0.119 e. The minimum Gasteiger partial charge on any atom is -0.491 e. The third-order valence-electron chi connectivity index (χ3n) is 2.97. The summed E-state index contributed by atoms with van der Waals surface area (Å²) in [5.41, 5.74) is 1.19. The fourth-order valence-electron chi connectivity index (χ4n) is 1.84. The van der Waals surface area contributed by atoms with Gasteiger partial charge in [-0.05, 0) is 58.4 Å². The lowest BCUT2D eigenvalue weighted by atomic mass is 10.1. The summed E-state index contributed by atoms with van der Waals surface area (Å²) in [5, 5.41) is 3.48. The van der Waals surface area contributed by atoms with Gasteiger partial charge in [-0.15, -0.1) is 0 Å². The summed E-state index contributed by atoms with van der Waals surface area (Å²) in [4.78, 5) is 0. The predicted molar refractivity (Wildman–Crippen MR) is 84.4 cm³/mol. The molecule has 0 saturated carbocycles. The number of benzene rings is 1. The first-order valence-corrected chi connectivity index (χ1v) is 7.52. The summed E-state index contributed by atoms with van der Waals surface area (Å²) in [7, 11) is 0. The molecule has 0 aromatic heterocycles. The van der Waals surface area contributed by atoms with Crippen molar-refractivity contribution >= 4 is 0 Å². The highest BCUT2D eigenvalue weighted by atomic mass is 16.5. The van der Waals surface area contributed by atoms with Gasteiger partial charge in [0.25, 0.3) is 0 Å². The Hall–Kier alpha value is -1.06. The van der Waals surface area contributed by atoms with Gasteiger partial charge in [-0.2, -0.15) is 0 Å². The Morgan fingerprint density at radius 2 is 1.75 bits per heavy atom. The van der Waals surface area contributed by atoms with Crippen LogP contribution in [0.3, 0.4) is 0 Å². The van der Waals surface area contributed by atoms with Gasteiger partial charge in [0.1, 0.15) is 12.4 Å². The van der Waals surface area contributed by atoms with Crippen molar-refractivity contribution in [2.45, 2.75) is 52.7 Å². The van der Waals surface area contributed by atoms with Crippen molar-refractivity contribution < 1.29 is 9.47 Å². The lowest BCUT2D eigenvalue weighted by Crippen LogP contribution is -2.22. The summed E-state index contributed by atoms with van der Waals surface area (Å²) in [6.45, 7) is 12.7. The molecule has 0 aliphatic carbocycles. The third-order valence-corrected chi connectivity index (χ3v) is 2.97. The molecule has 0 aliphatic rings. The van der Waals surface area contributed by atoms with Crippen LogP contribution in [0.25, 0.3) is 0 Å². The van der Waals surface area contributed by atoms with Gasteiger partial charge >= 0.3 is 0 Å². The molecule has 1 aromatic carbocycles. The number of hydrogen-bond acceptors (Lipinski definition) is 3. The number of hydrogen-bond donors (Lipinski definition) is 1. The molecule has 1 unspecified atom stereocenters. The topological polar surface area (TPSA) is 30.5 Å². The molecule has 1 rings (SSSR count). The van der Waals surface area contributed by atoms with Gasteiger partial charge in [0.05, 0.1) is 12.2 Å². The molecule has 0 spiro atoms. The highest BCUT2D eigenvalue weighted by Crippen LogP contribution is 2.17. The molecule has 1 aromatic rings. The summed E-state index contributed by atoms with van der Waals surface area (Å²) >= 11 is 0. The molecule has 0 heterocycles. The van der Waals surface area contributed by atoms with E-state index in [1.54, 1.807) is 0 Å². The van der Waals surface area contributed by atoms with Gasteiger partial charge in [-0.25, -0.2) is 0 Å². The Bertz CT molecular complexity index is 368. The molecular weight excluding hydrogens is 250 g/mol. The summed E-state index contributed by atoms with van der Waals surface area (Å²) in [6, 6.07) is 8.67. The fourth-order valence-corrected chi connectivity index (χ4v) is 1.84. The molecule has 1 atom stereocenters. The zero-order chi connectivity index (χ0) is 15.0. The van der Waals surface area contributed by atoms with Crippen molar-refractivity contribution in [3.8, 4) is 5.75 Å². The summed E-state index contributed by atoms with van der Waals surface area (Å²) in [5.74, 6) is 0.897. The van der Waals surface area contributed by atoms with E-state index in [2.05, 4.69) is 31.3 Å². The van der Waals surface area contributed by atoms with Gasteiger partial charge in [0.2, 0.25) is 0 Å². The molecular formula is C17H29NO2. The molecule has 3 heteroatoms. The normalized spacial score (nSPS) is 13.2. The van der Waals surface area contributed by atoms with E-state index in [-0.39, 0.29) is 5.60 Å². The van der Waals surface area contributed by atoms with Crippen molar-refractivity contribution in [3.63, 3.8) is 0 Å². The molecule has 1 N–H and O–H groups in total. The highest BCUT2D eigenvalue weighted by molar-refractivity contribution is 5.28. The van der Waals surface area contributed by atoms with Crippen LogP contribution >= 0.6 is 0 Å². The first kappa shape index (κ1) is 17.0. The minimum atomic E-state index is -0.104. The maximum absolute atomic E-state index is 5.67. The van der Waals surface area contributed by atoms with E-state index >= 15 is 0 Å². The molecule has 0 aliphatic heterocycles. The van der Waals surface area contributed by atoms with Gasteiger partial charge in [0.15, 0.2) is 0 Å². The zero-order valence-electron chi connectivity index (χ0n) is 13.5. The quantitative estimate of drug-likeness (QED) is 0.731. The maximum atomic E-state index is 5.67. The van der Waals surface area contributed by atoms with Gasteiger partial charge in [0, 0.05) is 6.04 Å². The first-order valence-electron chi connectivity index (χ1n) is 7.52.